The van der Waals surface area contributed by atoms with Crippen LogP contribution < -0.4 is 10.2 Å². The lowest BCUT2D eigenvalue weighted by Gasteiger charge is -2.28. The van der Waals surface area contributed by atoms with Crippen molar-refractivity contribution in [2.45, 2.75) is 13.3 Å². The second-order valence-corrected chi connectivity index (χ2v) is 6.48. The van der Waals surface area contributed by atoms with Gasteiger partial charge in [0, 0.05) is 43.0 Å². The van der Waals surface area contributed by atoms with Crippen LogP contribution in [0.2, 0.25) is 5.02 Å². The van der Waals surface area contributed by atoms with Crippen molar-refractivity contribution < 1.29 is 0 Å². The lowest BCUT2D eigenvalue weighted by atomic mass is 10.1. The molecule has 0 aromatic carbocycles. The minimum atomic E-state index is 0.708. The van der Waals surface area contributed by atoms with Gasteiger partial charge in [-0.05, 0) is 36.2 Å². The van der Waals surface area contributed by atoms with Crippen LogP contribution in [0, 0.1) is 0 Å². The molecule has 1 saturated heterocycles. The standard InChI is InChI=1S/C18H20ClN5/c1-2-13-3-6-24-17(9-13)15(12-21-24)16-10-14(19)11-18(22-16)23-7-4-20-5-8-23/h3,6,9-12,20H,2,4-5,7-8H2,1H3. The van der Waals surface area contributed by atoms with Gasteiger partial charge >= 0.3 is 0 Å². The summed E-state index contributed by atoms with van der Waals surface area (Å²) >= 11 is 6.39. The molecule has 1 aliphatic heterocycles. The van der Waals surface area contributed by atoms with E-state index in [1.54, 1.807) is 0 Å². The summed E-state index contributed by atoms with van der Waals surface area (Å²) in [4.78, 5) is 7.14. The maximum Gasteiger partial charge on any atom is 0.130 e. The number of aryl methyl sites for hydroxylation is 1. The predicted octanol–water partition coefficient (Wildman–Crippen LogP) is 3.02. The minimum Gasteiger partial charge on any atom is -0.354 e. The van der Waals surface area contributed by atoms with E-state index in [0.29, 0.717) is 5.02 Å². The predicted molar refractivity (Wildman–Crippen MR) is 97.9 cm³/mol. The minimum absolute atomic E-state index is 0.708. The number of rotatable bonds is 3. The quantitative estimate of drug-likeness (QED) is 0.795. The Balaban J connectivity index is 1.80. The summed E-state index contributed by atoms with van der Waals surface area (Å²) in [6.45, 7) is 5.99. The average Bonchev–Trinajstić information content (AvgIpc) is 3.05. The Morgan fingerprint density at radius 2 is 2.04 bits per heavy atom. The maximum atomic E-state index is 6.39. The molecule has 3 aromatic heterocycles. The molecule has 1 fully saturated rings. The molecular weight excluding hydrogens is 322 g/mol. The van der Waals surface area contributed by atoms with Gasteiger partial charge in [-0.3, -0.25) is 0 Å². The van der Waals surface area contributed by atoms with Gasteiger partial charge in [0.05, 0.1) is 17.4 Å². The second-order valence-electron chi connectivity index (χ2n) is 6.04. The van der Waals surface area contributed by atoms with Crippen LogP contribution in [0.25, 0.3) is 16.8 Å². The molecule has 0 amide bonds. The van der Waals surface area contributed by atoms with Gasteiger partial charge in [0.15, 0.2) is 0 Å². The van der Waals surface area contributed by atoms with Crippen molar-refractivity contribution in [3.8, 4) is 11.3 Å². The number of anilines is 1. The number of fused-ring (bicyclic) bond motifs is 1. The molecule has 4 heterocycles. The average molecular weight is 342 g/mol. The molecular formula is C18H20ClN5. The number of hydrogen-bond acceptors (Lipinski definition) is 4. The molecule has 0 aliphatic carbocycles. The molecule has 1 N–H and O–H groups in total. The van der Waals surface area contributed by atoms with Gasteiger partial charge in [-0.25, -0.2) is 9.50 Å². The first kappa shape index (κ1) is 15.4. The second kappa shape index (κ2) is 6.42. The monoisotopic (exact) mass is 341 g/mol. The number of hydrogen-bond donors (Lipinski definition) is 1. The first-order valence-corrected chi connectivity index (χ1v) is 8.72. The van der Waals surface area contributed by atoms with Gasteiger partial charge in [-0.2, -0.15) is 5.10 Å². The highest BCUT2D eigenvalue weighted by molar-refractivity contribution is 6.31. The number of aromatic nitrogens is 3. The normalized spacial score (nSPS) is 15.2. The van der Waals surface area contributed by atoms with Crippen LogP contribution in [-0.2, 0) is 6.42 Å². The number of piperazine rings is 1. The van der Waals surface area contributed by atoms with Crippen LogP contribution >= 0.6 is 11.6 Å². The maximum absolute atomic E-state index is 6.39. The van der Waals surface area contributed by atoms with Crippen LogP contribution in [0.1, 0.15) is 12.5 Å². The van der Waals surface area contributed by atoms with Crippen LogP contribution in [-0.4, -0.2) is 40.8 Å². The highest BCUT2D eigenvalue weighted by Crippen LogP contribution is 2.29. The molecule has 4 rings (SSSR count). The summed E-state index contributed by atoms with van der Waals surface area (Å²) in [5.74, 6) is 0.935. The summed E-state index contributed by atoms with van der Waals surface area (Å²) in [6.07, 6.45) is 4.87. The molecule has 0 saturated carbocycles. The zero-order valence-electron chi connectivity index (χ0n) is 13.7. The molecule has 1 aliphatic rings. The van der Waals surface area contributed by atoms with Crippen LogP contribution in [0.4, 0.5) is 5.82 Å². The van der Waals surface area contributed by atoms with Crippen molar-refractivity contribution in [3.05, 3.63) is 47.2 Å². The molecule has 0 bridgehead atoms. The number of pyridine rings is 2. The summed E-state index contributed by atoms with van der Waals surface area (Å²) in [7, 11) is 0. The zero-order chi connectivity index (χ0) is 16.5. The van der Waals surface area contributed by atoms with Crippen LogP contribution in [0.15, 0.2) is 36.7 Å². The van der Waals surface area contributed by atoms with Crippen molar-refractivity contribution in [1.82, 2.24) is 19.9 Å². The molecule has 0 radical (unpaired) electrons. The smallest absolute Gasteiger partial charge is 0.130 e. The van der Waals surface area contributed by atoms with E-state index in [2.05, 4.69) is 34.4 Å². The summed E-state index contributed by atoms with van der Waals surface area (Å²) in [5, 5.41) is 8.52. The van der Waals surface area contributed by atoms with Gasteiger partial charge < -0.3 is 10.2 Å². The Morgan fingerprint density at radius 3 is 2.83 bits per heavy atom. The lowest BCUT2D eigenvalue weighted by molar-refractivity contribution is 0.585. The third-order valence-electron chi connectivity index (χ3n) is 4.49. The van der Waals surface area contributed by atoms with Crippen molar-refractivity contribution in [2.75, 3.05) is 31.1 Å². The van der Waals surface area contributed by atoms with Crippen LogP contribution in [0.3, 0.4) is 0 Å². The van der Waals surface area contributed by atoms with Gasteiger partial charge in [0.25, 0.3) is 0 Å². The van der Waals surface area contributed by atoms with Gasteiger partial charge in [-0.15, -0.1) is 0 Å². The molecule has 5 nitrogen and oxygen atoms in total. The number of nitrogens with one attached hydrogen (secondary N) is 1. The highest BCUT2D eigenvalue weighted by Gasteiger charge is 2.15. The van der Waals surface area contributed by atoms with Gasteiger partial charge in [-0.1, -0.05) is 18.5 Å². The Morgan fingerprint density at radius 1 is 1.21 bits per heavy atom. The topological polar surface area (TPSA) is 45.5 Å². The summed E-state index contributed by atoms with van der Waals surface area (Å²) in [6, 6.07) is 8.14. The van der Waals surface area contributed by atoms with E-state index in [0.717, 1.165) is 55.2 Å². The fraction of sp³-hybridized carbons (Fsp3) is 0.333. The van der Waals surface area contributed by atoms with E-state index in [1.165, 1.54) is 5.56 Å². The van der Waals surface area contributed by atoms with Crippen LogP contribution in [0.5, 0.6) is 0 Å². The fourth-order valence-electron chi connectivity index (χ4n) is 3.12. The Kier molecular flexibility index (Phi) is 4.12. The van der Waals surface area contributed by atoms with Crippen molar-refractivity contribution in [3.63, 3.8) is 0 Å². The zero-order valence-corrected chi connectivity index (χ0v) is 14.4. The van der Waals surface area contributed by atoms with E-state index in [4.69, 9.17) is 16.6 Å². The van der Waals surface area contributed by atoms with Crippen molar-refractivity contribution in [2.24, 2.45) is 0 Å². The van der Waals surface area contributed by atoms with E-state index < -0.39 is 0 Å². The summed E-state index contributed by atoms with van der Waals surface area (Å²) in [5.41, 5.74) is 4.24. The molecule has 124 valence electrons. The van der Waals surface area contributed by atoms with Gasteiger partial charge in [0.1, 0.15) is 5.82 Å². The highest BCUT2D eigenvalue weighted by atomic mass is 35.5. The molecule has 0 spiro atoms. The first-order valence-electron chi connectivity index (χ1n) is 8.34. The molecule has 6 heteroatoms. The molecule has 0 atom stereocenters. The number of nitrogens with zero attached hydrogens (tertiary/aromatic N) is 4. The van der Waals surface area contributed by atoms with Crippen molar-refractivity contribution in [1.29, 1.82) is 0 Å². The number of halogens is 1. The lowest BCUT2D eigenvalue weighted by Crippen LogP contribution is -2.43. The SMILES string of the molecule is CCc1ccn2ncc(-c3cc(Cl)cc(N4CCNCC4)n3)c2c1. The first-order chi connectivity index (χ1) is 11.7. The largest absolute Gasteiger partial charge is 0.354 e. The van der Waals surface area contributed by atoms with Gasteiger partial charge in [0.2, 0.25) is 0 Å². The van der Waals surface area contributed by atoms with E-state index in [9.17, 15) is 0 Å². The molecule has 0 unspecified atom stereocenters. The van der Waals surface area contributed by atoms with E-state index in [-0.39, 0.29) is 0 Å². The Labute approximate surface area is 146 Å². The molecule has 3 aromatic rings. The fourth-order valence-corrected chi connectivity index (χ4v) is 3.32. The molecule has 24 heavy (non-hydrogen) atoms. The Hall–Kier alpha value is -2.11. The van der Waals surface area contributed by atoms with Crippen molar-refractivity contribution >= 4 is 22.9 Å². The summed E-state index contributed by atoms with van der Waals surface area (Å²) < 4.78 is 1.89. The van der Waals surface area contributed by atoms with E-state index >= 15 is 0 Å². The van der Waals surface area contributed by atoms with E-state index in [1.807, 2.05) is 29.0 Å². The third kappa shape index (κ3) is 2.85. The Bertz CT molecular complexity index is 867. The third-order valence-corrected chi connectivity index (χ3v) is 4.71.